The highest BCUT2D eigenvalue weighted by Crippen LogP contribution is 2.14. The van der Waals surface area contributed by atoms with Crippen LogP contribution in [-0.2, 0) is 20.9 Å². The van der Waals surface area contributed by atoms with E-state index in [4.69, 9.17) is 0 Å². The lowest BCUT2D eigenvalue weighted by Crippen LogP contribution is -2.42. The molecule has 1 unspecified atom stereocenters. The maximum atomic E-state index is 11.5. The lowest BCUT2D eigenvalue weighted by Gasteiger charge is -2.14. The number of hydrogen-bond donors (Lipinski definition) is 2. The number of H-pyrrole nitrogens is 1. The largest absolute Gasteiger partial charge is 0.467 e. The molecule has 0 radical (unpaired) electrons. The Morgan fingerprint density at radius 1 is 1.58 bits per heavy atom. The maximum absolute atomic E-state index is 11.5. The third-order valence-corrected chi connectivity index (χ3v) is 3.35. The van der Waals surface area contributed by atoms with Crippen LogP contribution < -0.4 is 11.0 Å². The number of aromatic nitrogens is 3. The van der Waals surface area contributed by atoms with Crippen molar-refractivity contribution in [3.63, 3.8) is 0 Å². The van der Waals surface area contributed by atoms with Crippen LogP contribution in [0.2, 0.25) is 0 Å². The van der Waals surface area contributed by atoms with E-state index in [1.54, 1.807) is 0 Å². The molecule has 9 heteroatoms. The van der Waals surface area contributed by atoms with Crippen molar-refractivity contribution >= 4 is 23.6 Å². The lowest BCUT2D eigenvalue weighted by molar-refractivity contribution is -0.144. The van der Waals surface area contributed by atoms with Gasteiger partial charge in [0.2, 0.25) is 5.91 Å². The molecule has 0 aliphatic rings. The Bertz CT molecular complexity index is 510. The number of nitrogens with zero attached hydrogens (tertiary/aromatic N) is 2. The quantitative estimate of drug-likeness (QED) is 0.533. The van der Waals surface area contributed by atoms with Gasteiger partial charge in [-0.25, -0.2) is 14.7 Å². The summed E-state index contributed by atoms with van der Waals surface area (Å²) in [5, 5.41) is 9.13. The van der Waals surface area contributed by atoms with E-state index in [9.17, 15) is 14.4 Å². The number of aromatic amines is 1. The molecule has 0 aromatic carbocycles. The van der Waals surface area contributed by atoms with Gasteiger partial charge >= 0.3 is 11.7 Å². The molecule has 0 bridgehead atoms. The van der Waals surface area contributed by atoms with E-state index >= 15 is 0 Å². The average molecular weight is 288 g/mol. The summed E-state index contributed by atoms with van der Waals surface area (Å²) in [6.07, 6.45) is 0. The Morgan fingerprint density at radius 3 is 2.79 bits per heavy atom. The number of methoxy groups -OCH3 is 1. The molecule has 0 fully saturated rings. The standard InChI is InChI=1S/C10H16N4O4S/c1-4-14-9(17)12-13-10(14)19-5-7(8(16)18-3)11-6(2)15/h7H,4-5H2,1-3H3,(H,11,15)(H,12,17). The molecule has 1 atom stereocenters. The minimum absolute atomic E-state index is 0.233. The Balaban J connectivity index is 2.72. The summed E-state index contributed by atoms with van der Waals surface area (Å²) in [5.74, 6) is -0.633. The molecule has 0 saturated carbocycles. The van der Waals surface area contributed by atoms with Crippen molar-refractivity contribution in [2.45, 2.75) is 31.6 Å². The molecule has 0 spiro atoms. The van der Waals surface area contributed by atoms with Gasteiger partial charge in [-0.1, -0.05) is 11.8 Å². The minimum atomic E-state index is -0.774. The van der Waals surface area contributed by atoms with E-state index < -0.39 is 12.0 Å². The van der Waals surface area contributed by atoms with Gasteiger partial charge in [0.1, 0.15) is 6.04 Å². The first-order valence-corrected chi connectivity index (χ1v) is 6.61. The van der Waals surface area contributed by atoms with Crippen LogP contribution in [-0.4, -0.2) is 45.5 Å². The Morgan fingerprint density at radius 2 is 2.26 bits per heavy atom. The zero-order valence-corrected chi connectivity index (χ0v) is 11.7. The number of hydrogen-bond acceptors (Lipinski definition) is 6. The highest BCUT2D eigenvalue weighted by Gasteiger charge is 2.21. The van der Waals surface area contributed by atoms with Crippen molar-refractivity contribution in [3.8, 4) is 0 Å². The molecular formula is C10H16N4O4S. The normalized spacial score (nSPS) is 11.9. The predicted molar refractivity (Wildman–Crippen MR) is 68.9 cm³/mol. The molecule has 2 N–H and O–H groups in total. The number of nitrogens with one attached hydrogen (secondary N) is 2. The van der Waals surface area contributed by atoms with E-state index in [2.05, 4.69) is 20.3 Å². The van der Waals surface area contributed by atoms with Crippen molar-refractivity contribution in [2.24, 2.45) is 0 Å². The number of thioether (sulfide) groups is 1. The summed E-state index contributed by atoms with van der Waals surface area (Å²) in [5.41, 5.74) is -0.306. The van der Waals surface area contributed by atoms with Crippen LogP contribution in [0, 0.1) is 0 Å². The molecular weight excluding hydrogens is 272 g/mol. The Hall–Kier alpha value is -1.77. The summed E-state index contributed by atoms with van der Waals surface area (Å²) in [4.78, 5) is 33.8. The van der Waals surface area contributed by atoms with Crippen molar-refractivity contribution < 1.29 is 14.3 Å². The molecule has 1 amide bonds. The van der Waals surface area contributed by atoms with E-state index in [1.807, 2.05) is 6.92 Å². The fraction of sp³-hybridized carbons (Fsp3) is 0.600. The second-order valence-electron chi connectivity index (χ2n) is 3.64. The summed E-state index contributed by atoms with van der Waals surface area (Å²) in [6, 6.07) is -0.774. The van der Waals surface area contributed by atoms with Gasteiger partial charge in [-0.2, -0.15) is 0 Å². The van der Waals surface area contributed by atoms with E-state index in [0.29, 0.717) is 11.7 Å². The molecule has 1 aromatic rings. The van der Waals surface area contributed by atoms with Gasteiger partial charge in [-0.15, -0.1) is 5.10 Å². The van der Waals surface area contributed by atoms with Crippen LogP contribution in [0.15, 0.2) is 9.95 Å². The highest BCUT2D eigenvalue weighted by molar-refractivity contribution is 7.99. The predicted octanol–water partition coefficient (Wildman–Crippen LogP) is -0.639. The molecule has 1 heterocycles. The number of esters is 1. The van der Waals surface area contributed by atoms with Gasteiger partial charge < -0.3 is 10.1 Å². The number of carbonyl (C=O) groups is 2. The molecule has 8 nitrogen and oxygen atoms in total. The first kappa shape index (κ1) is 15.3. The molecule has 1 aromatic heterocycles. The fourth-order valence-electron chi connectivity index (χ4n) is 1.41. The smallest absolute Gasteiger partial charge is 0.343 e. The summed E-state index contributed by atoms with van der Waals surface area (Å²) in [6.45, 7) is 3.60. The number of ether oxygens (including phenoxy) is 1. The summed E-state index contributed by atoms with van der Waals surface area (Å²) >= 11 is 1.19. The van der Waals surface area contributed by atoms with Gasteiger partial charge in [-0.3, -0.25) is 9.36 Å². The zero-order chi connectivity index (χ0) is 14.4. The summed E-state index contributed by atoms with van der Waals surface area (Å²) < 4.78 is 6.04. The van der Waals surface area contributed by atoms with Crippen LogP contribution >= 0.6 is 11.8 Å². The fourth-order valence-corrected chi connectivity index (χ4v) is 2.42. The van der Waals surface area contributed by atoms with Gasteiger partial charge in [0.05, 0.1) is 7.11 Å². The first-order valence-electron chi connectivity index (χ1n) is 5.62. The van der Waals surface area contributed by atoms with E-state index in [0.717, 1.165) is 0 Å². The van der Waals surface area contributed by atoms with Crippen molar-refractivity contribution in [1.82, 2.24) is 20.1 Å². The van der Waals surface area contributed by atoms with E-state index in [-0.39, 0.29) is 17.3 Å². The van der Waals surface area contributed by atoms with Crippen molar-refractivity contribution in [2.75, 3.05) is 12.9 Å². The maximum Gasteiger partial charge on any atom is 0.343 e. The van der Waals surface area contributed by atoms with Gasteiger partial charge in [0.25, 0.3) is 0 Å². The Labute approximate surface area is 113 Å². The van der Waals surface area contributed by atoms with Crippen LogP contribution in [0.5, 0.6) is 0 Å². The number of rotatable bonds is 6. The van der Waals surface area contributed by atoms with Crippen LogP contribution in [0.1, 0.15) is 13.8 Å². The summed E-state index contributed by atoms with van der Waals surface area (Å²) in [7, 11) is 1.25. The van der Waals surface area contributed by atoms with Crippen molar-refractivity contribution in [1.29, 1.82) is 0 Å². The van der Waals surface area contributed by atoms with E-state index in [1.165, 1.54) is 30.4 Å². The molecule has 0 aliphatic carbocycles. The molecule has 106 valence electrons. The molecule has 0 saturated heterocycles. The lowest BCUT2D eigenvalue weighted by atomic mass is 10.3. The molecule has 0 aliphatic heterocycles. The highest BCUT2D eigenvalue weighted by atomic mass is 32.2. The second kappa shape index (κ2) is 6.98. The topological polar surface area (TPSA) is 106 Å². The second-order valence-corrected chi connectivity index (χ2v) is 4.63. The minimum Gasteiger partial charge on any atom is -0.467 e. The van der Waals surface area contributed by atoms with Crippen LogP contribution in [0.25, 0.3) is 0 Å². The van der Waals surface area contributed by atoms with Crippen LogP contribution in [0.4, 0.5) is 0 Å². The monoisotopic (exact) mass is 288 g/mol. The van der Waals surface area contributed by atoms with Crippen molar-refractivity contribution in [3.05, 3.63) is 10.5 Å². The third-order valence-electron chi connectivity index (χ3n) is 2.28. The number of carbonyl (C=O) groups excluding carboxylic acids is 2. The first-order chi connectivity index (χ1) is 8.99. The Kier molecular flexibility index (Phi) is 5.61. The molecule has 19 heavy (non-hydrogen) atoms. The van der Waals surface area contributed by atoms with Gasteiger partial charge in [0.15, 0.2) is 5.16 Å². The van der Waals surface area contributed by atoms with Crippen LogP contribution in [0.3, 0.4) is 0 Å². The average Bonchev–Trinajstić information content (AvgIpc) is 2.73. The SMILES string of the molecule is CCn1c(SCC(NC(C)=O)C(=O)OC)n[nH]c1=O. The number of amides is 1. The zero-order valence-electron chi connectivity index (χ0n) is 10.9. The molecule has 1 rings (SSSR count). The van der Waals surface area contributed by atoms with Gasteiger partial charge in [-0.05, 0) is 6.92 Å². The third kappa shape index (κ3) is 4.12. The van der Waals surface area contributed by atoms with Gasteiger partial charge in [0, 0.05) is 19.2 Å².